The number of rotatable bonds is 6. The van der Waals surface area contributed by atoms with Gasteiger partial charge in [-0.2, -0.15) is 22.8 Å². The van der Waals surface area contributed by atoms with E-state index in [2.05, 4.69) is 5.10 Å². The Morgan fingerprint density at radius 1 is 1.26 bits per heavy atom. The molecule has 13 heteroatoms. The summed E-state index contributed by atoms with van der Waals surface area (Å²) in [6.45, 7) is 6.14. The van der Waals surface area contributed by atoms with Crippen molar-refractivity contribution in [1.82, 2.24) is 24.4 Å². The van der Waals surface area contributed by atoms with E-state index in [9.17, 15) is 32.7 Å². The molecular formula is C21H26F3N5O5. The van der Waals surface area contributed by atoms with Crippen LogP contribution in [0.1, 0.15) is 36.7 Å². The summed E-state index contributed by atoms with van der Waals surface area (Å²) in [4.78, 5) is 39.7. The van der Waals surface area contributed by atoms with Crippen molar-refractivity contribution in [1.29, 1.82) is 0 Å². The van der Waals surface area contributed by atoms with Crippen LogP contribution in [0.4, 0.5) is 13.2 Å². The third-order valence-corrected chi connectivity index (χ3v) is 5.25. The summed E-state index contributed by atoms with van der Waals surface area (Å²) in [5.74, 6) is -2.65. The number of morpholine rings is 1. The summed E-state index contributed by atoms with van der Waals surface area (Å²) in [5, 5.41) is 16.3. The Bertz CT molecular complexity index is 1160. The molecule has 10 nitrogen and oxygen atoms in total. The van der Waals surface area contributed by atoms with E-state index in [1.165, 1.54) is 18.3 Å². The van der Waals surface area contributed by atoms with Gasteiger partial charge < -0.3 is 20.1 Å². The van der Waals surface area contributed by atoms with E-state index < -0.39 is 35.1 Å². The van der Waals surface area contributed by atoms with Crippen molar-refractivity contribution < 1.29 is 32.6 Å². The van der Waals surface area contributed by atoms with Crippen LogP contribution >= 0.6 is 0 Å². The lowest BCUT2D eigenvalue weighted by Gasteiger charge is -2.25. The Balaban J connectivity index is 2.06. The summed E-state index contributed by atoms with van der Waals surface area (Å²) in [5.41, 5.74) is -1.42. The first-order valence-electron chi connectivity index (χ1n) is 10.7. The van der Waals surface area contributed by atoms with E-state index in [-0.39, 0.29) is 24.0 Å². The minimum atomic E-state index is -4.73. The van der Waals surface area contributed by atoms with E-state index in [1.807, 2.05) is 0 Å². The van der Waals surface area contributed by atoms with Gasteiger partial charge in [0.25, 0.3) is 11.5 Å². The molecule has 1 saturated heterocycles. The minimum Gasteiger partial charge on any atom is -0.492 e. The van der Waals surface area contributed by atoms with Gasteiger partial charge in [-0.1, -0.05) is 13.8 Å². The number of alkyl halides is 3. The SMILES string of the molecule is CC(C)Cn1c(=O)c(C(=O)N[C@@H](C)C(F)(F)F)c(O)n2ncc(/C=C/C(=O)N3CCOCC3)c12. The molecule has 1 aliphatic heterocycles. The van der Waals surface area contributed by atoms with Crippen molar-refractivity contribution in [3.05, 3.63) is 33.8 Å². The number of aromatic nitrogens is 3. The van der Waals surface area contributed by atoms with Crippen LogP contribution in [0.2, 0.25) is 0 Å². The van der Waals surface area contributed by atoms with Crippen LogP contribution in [0.25, 0.3) is 11.7 Å². The highest BCUT2D eigenvalue weighted by molar-refractivity contribution is 5.97. The number of fused-ring (bicyclic) bond motifs is 1. The molecule has 0 aromatic carbocycles. The van der Waals surface area contributed by atoms with Crippen molar-refractivity contribution in [2.24, 2.45) is 5.92 Å². The number of nitrogens with zero attached hydrogens (tertiary/aromatic N) is 4. The third kappa shape index (κ3) is 5.24. The average molecular weight is 485 g/mol. The summed E-state index contributed by atoms with van der Waals surface area (Å²) >= 11 is 0. The van der Waals surface area contributed by atoms with Crippen LogP contribution in [0.5, 0.6) is 5.88 Å². The van der Waals surface area contributed by atoms with E-state index >= 15 is 0 Å². The van der Waals surface area contributed by atoms with E-state index in [4.69, 9.17) is 4.74 Å². The predicted molar refractivity (Wildman–Crippen MR) is 115 cm³/mol. The molecule has 2 aromatic heterocycles. The number of carbonyl (C=O) groups excluding carboxylic acids is 2. The Kier molecular flexibility index (Phi) is 7.34. The molecule has 2 aromatic rings. The normalized spacial score (nSPS) is 15.9. The van der Waals surface area contributed by atoms with Gasteiger partial charge in [0.15, 0.2) is 5.56 Å². The fraction of sp³-hybridized carbons (Fsp3) is 0.524. The van der Waals surface area contributed by atoms with Gasteiger partial charge in [-0.25, -0.2) is 0 Å². The van der Waals surface area contributed by atoms with Crippen LogP contribution in [0, 0.1) is 5.92 Å². The zero-order valence-corrected chi connectivity index (χ0v) is 18.9. The molecule has 2 amide bonds. The summed E-state index contributed by atoms with van der Waals surface area (Å²) in [6.07, 6.45) is -0.714. The maximum Gasteiger partial charge on any atom is 0.408 e. The number of ether oxygens (including phenoxy) is 1. The van der Waals surface area contributed by atoms with Gasteiger partial charge in [0.2, 0.25) is 11.8 Å². The smallest absolute Gasteiger partial charge is 0.408 e. The fourth-order valence-corrected chi connectivity index (χ4v) is 3.46. The average Bonchev–Trinajstić information content (AvgIpc) is 3.19. The van der Waals surface area contributed by atoms with Crippen LogP contribution in [-0.2, 0) is 16.1 Å². The summed E-state index contributed by atoms with van der Waals surface area (Å²) in [6, 6.07) is -2.24. The van der Waals surface area contributed by atoms with Crippen LogP contribution < -0.4 is 10.9 Å². The molecule has 3 heterocycles. The van der Waals surface area contributed by atoms with Gasteiger partial charge in [0.1, 0.15) is 11.7 Å². The molecule has 34 heavy (non-hydrogen) atoms. The molecule has 0 saturated carbocycles. The molecule has 0 bridgehead atoms. The molecule has 0 unspecified atom stereocenters. The molecular weight excluding hydrogens is 459 g/mol. The van der Waals surface area contributed by atoms with Gasteiger partial charge >= 0.3 is 6.18 Å². The third-order valence-electron chi connectivity index (χ3n) is 5.25. The zero-order valence-electron chi connectivity index (χ0n) is 18.9. The molecule has 1 atom stereocenters. The number of halogens is 3. The van der Waals surface area contributed by atoms with E-state index in [1.54, 1.807) is 24.1 Å². The molecule has 186 valence electrons. The van der Waals surface area contributed by atoms with Crippen molar-refractivity contribution in [2.45, 2.75) is 39.5 Å². The maximum absolute atomic E-state index is 13.2. The summed E-state index contributed by atoms with van der Waals surface area (Å²) in [7, 11) is 0. The highest BCUT2D eigenvalue weighted by atomic mass is 19.4. The molecule has 0 spiro atoms. The largest absolute Gasteiger partial charge is 0.492 e. The first-order valence-corrected chi connectivity index (χ1v) is 10.7. The molecule has 1 aliphatic rings. The lowest BCUT2D eigenvalue weighted by Crippen LogP contribution is -2.45. The van der Waals surface area contributed by atoms with Crippen molar-refractivity contribution >= 4 is 23.5 Å². The second-order valence-electron chi connectivity index (χ2n) is 8.35. The molecule has 3 rings (SSSR count). The molecule has 0 radical (unpaired) electrons. The van der Waals surface area contributed by atoms with Gasteiger partial charge in [0, 0.05) is 31.3 Å². The van der Waals surface area contributed by atoms with Crippen LogP contribution in [0.3, 0.4) is 0 Å². The molecule has 2 N–H and O–H groups in total. The number of nitrogens with one attached hydrogen (secondary N) is 1. The zero-order chi connectivity index (χ0) is 25.2. The standard InChI is InChI=1S/C21H26F3N5O5/c1-12(2)11-28-18-14(4-5-15(30)27-6-8-34-9-7-27)10-25-29(18)20(33)16(19(28)32)17(31)26-13(3)21(22,23)24/h4-5,10,12-13,33H,6-9,11H2,1-3H3,(H,26,31)/b5-4+/t13-/m0/s1. The van der Waals surface area contributed by atoms with Gasteiger partial charge in [-0.05, 0) is 18.9 Å². The predicted octanol–water partition coefficient (Wildman–Crippen LogP) is 1.41. The van der Waals surface area contributed by atoms with E-state index in [0.29, 0.717) is 31.9 Å². The van der Waals surface area contributed by atoms with Crippen LogP contribution in [0.15, 0.2) is 17.1 Å². The quantitative estimate of drug-likeness (QED) is 0.598. The second kappa shape index (κ2) is 9.87. The molecule has 0 aliphatic carbocycles. The Hall–Kier alpha value is -3.35. The summed E-state index contributed by atoms with van der Waals surface area (Å²) < 4.78 is 46.0. The van der Waals surface area contributed by atoms with Crippen molar-refractivity contribution in [3.8, 4) is 5.88 Å². The second-order valence-corrected chi connectivity index (χ2v) is 8.35. The Morgan fingerprint density at radius 3 is 2.50 bits per heavy atom. The number of hydrogen-bond donors (Lipinski definition) is 2. The number of amides is 2. The number of aromatic hydroxyl groups is 1. The van der Waals surface area contributed by atoms with Crippen LogP contribution in [-0.4, -0.2) is 74.5 Å². The van der Waals surface area contributed by atoms with Gasteiger partial charge in [-0.15, -0.1) is 0 Å². The highest BCUT2D eigenvalue weighted by Gasteiger charge is 2.38. The minimum absolute atomic E-state index is 0.0850. The van der Waals surface area contributed by atoms with Gasteiger partial charge in [0.05, 0.1) is 19.4 Å². The van der Waals surface area contributed by atoms with Gasteiger partial charge in [-0.3, -0.25) is 19.0 Å². The number of carbonyl (C=O) groups is 2. The first-order chi connectivity index (χ1) is 15.9. The Morgan fingerprint density at radius 2 is 1.91 bits per heavy atom. The van der Waals surface area contributed by atoms with Crippen molar-refractivity contribution in [2.75, 3.05) is 26.3 Å². The molecule has 1 fully saturated rings. The highest BCUT2D eigenvalue weighted by Crippen LogP contribution is 2.23. The first kappa shape index (κ1) is 25.3. The lowest BCUT2D eigenvalue weighted by atomic mass is 10.2. The lowest BCUT2D eigenvalue weighted by molar-refractivity contribution is -0.149. The monoisotopic (exact) mass is 485 g/mol. The topological polar surface area (TPSA) is 118 Å². The van der Waals surface area contributed by atoms with E-state index in [0.717, 1.165) is 16.0 Å². The number of hydrogen-bond acceptors (Lipinski definition) is 6. The van der Waals surface area contributed by atoms with Crippen molar-refractivity contribution in [3.63, 3.8) is 0 Å². The maximum atomic E-state index is 13.2. The Labute approximate surface area is 192 Å². The fourth-order valence-electron chi connectivity index (χ4n) is 3.46.